The van der Waals surface area contributed by atoms with E-state index in [1.165, 1.54) is 0 Å². The van der Waals surface area contributed by atoms with Crippen LogP contribution in [0.5, 0.6) is 0 Å². The van der Waals surface area contributed by atoms with Crippen molar-refractivity contribution in [2.24, 2.45) is 0 Å². The van der Waals surface area contributed by atoms with E-state index in [9.17, 15) is 0 Å². The molecule has 0 spiro atoms. The van der Waals surface area contributed by atoms with Gasteiger partial charge in [-0.2, -0.15) is 8.42 Å². The molecule has 0 aromatic rings. The fraction of sp³-hybridized carbons (Fsp3) is 0. The summed E-state index contributed by atoms with van der Waals surface area (Å²) in [7, 11) is -9.28. The number of hydrogen-bond donors (Lipinski definition) is 6. The summed E-state index contributed by atoms with van der Waals surface area (Å²) in [5.74, 6) is 0. The Bertz CT molecular complexity index is 144. The van der Waals surface area contributed by atoms with E-state index in [1.807, 2.05) is 0 Å². The Labute approximate surface area is 57.1 Å². The first-order chi connectivity index (χ1) is 4.00. The quantitative estimate of drug-likeness (QED) is 0.173. The normalized spacial score (nSPS) is 11.8. The van der Waals surface area contributed by atoms with Crippen LogP contribution >= 0.6 is 0 Å². The van der Waals surface area contributed by atoms with Crippen LogP contribution in [0.2, 0.25) is 0 Å². The van der Waals surface area contributed by atoms with Gasteiger partial charge in [0.25, 0.3) is 0 Å². The first-order valence-corrected chi connectivity index (χ1v) is 4.78. The van der Waals surface area contributed by atoms with Crippen molar-refractivity contribution in [3.8, 4) is 0 Å². The van der Waals surface area contributed by atoms with E-state index < -0.39 is 19.4 Å². The minimum atomic E-state index is -4.67. The van der Waals surface area contributed by atoms with Crippen LogP contribution in [-0.2, 0) is 10.4 Å². The Kier molecular flexibility index (Phi) is 4.96. The molecular formula is H6O8SSi. The van der Waals surface area contributed by atoms with Gasteiger partial charge in [0.2, 0.25) is 0 Å². The summed E-state index contributed by atoms with van der Waals surface area (Å²) in [6.07, 6.45) is 0. The molecule has 0 atom stereocenters. The number of hydrogen-bond acceptors (Lipinski definition) is 6. The molecule has 0 saturated carbocycles. The first-order valence-electron chi connectivity index (χ1n) is 1.59. The Hall–Kier alpha value is -0.0731. The van der Waals surface area contributed by atoms with Crippen LogP contribution in [0.15, 0.2) is 0 Å². The molecule has 0 aliphatic carbocycles. The molecule has 8 nitrogen and oxygen atoms in total. The molecule has 10 heavy (non-hydrogen) atoms. The van der Waals surface area contributed by atoms with Crippen LogP contribution < -0.4 is 0 Å². The lowest BCUT2D eigenvalue weighted by atomic mass is 15.7. The number of rotatable bonds is 0. The maximum absolute atomic E-state index is 8.74. The largest absolute Gasteiger partial charge is 0.668 e. The average Bonchev–Trinajstić information content (AvgIpc) is 1.12. The standard InChI is InChI=1S/H2O4S.H4O4Si/c2*1-5(2,3)4/h(H2,1,2,3,4);1-4H. The second-order valence-electron chi connectivity index (χ2n) is 1.05. The molecule has 0 bridgehead atoms. The predicted octanol–water partition coefficient (Wildman–Crippen LogP) is -3.26. The fourth-order valence-corrected chi connectivity index (χ4v) is 0. The van der Waals surface area contributed by atoms with Crippen LogP contribution in [0.4, 0.5) is 0 Å². The Balaban J connectivity index is 0. The van der Waals surface area contributed by atoms with Gasteiger partial charge in [0.15, 0.2) is 0 Å². The van der Waals surface area contributed by atoms with E-state index in [2.05, 4.69) is 0 Å². The van der Waals surface area contributed by atoms with Crippen LogP contribution in [-0.4, -0.2) is 45.8 Å². The first kappa shape index (κ1) is 12.6. The zero-order valence-electron chi connectivity index (χ0n) is 4.41. The van der Waals surface area contributed by atoms with Gasteiger partial charge in [0.05, 0.1) is 0 Å². The van der Waals surface area contributed by atoms with Crippen molar-refractivity contribution in [1.29, 1.82) is 0 Å². The van der Waals surface area contributed by atoms with Crippen molar-refractivity contribution < 1.29 is 36.7 Å². The Morgan fingerprint density at radius 3 is 0.900 bits per heavy atom. The maximum Gasteiger partial charge on any atom is 0.668 e. The molecule has 0 heterocycles. The van der Waals surface area contributed by atoms with Crippen LogP contribution in [0, 0.1) is 0 Å². The summed E-state index contributed by atoms with van der Waals surface area (Å²) in [4.78, 5) is 29.3. The second-order valence-corrected chi connectivity index (χ2v) is 3.14. The fourth-order valence-electron chi connectivity index (χ4n) is 0. The van der Waals surface area contributed by atoms with Crippen LogP contribution in [0.3, 0.4) is 0 Å². The van der Waals surface area contributed by atoms with Crippen molar-refractivity contribution in [2.45, 2.75) is 0 Å². The highest BCUT2D eigenvalue weighted by molar-refractivity contribution is 7.79. The molecule has 6 N–H and O–H groups in total. The van der Waals surface area contributed by atoms with Gasteiger partial charge in [0.1, 0.15) is 0 Å². The minimum Gasteiger partial charge on any atom is -0.368 e. The molecule has 0 radical (unpaired) electrons. The molecule has 0 aliphatic rings. The topological polar surface area (TPSA) is 156 Å². The van der Waals surface area contributed by atoms with Gasteiger partial charge in [-0.05, 0) is 0 Å². The van der Waals surface area contributed by atoms with E-state index in [1.54, 1.807) is 0 Å². The molecule has 0 aromatic carbocycles. The average molecular weight is 194 g/mol. The zero-order valence-corrected chi connectivity index (χ0v) is 6.22. The monoisotopic (exact) mass is 194 g/mol. The van der Waals surface area contributed by atoms with Crippen molar-refractivity contribution in [2.75, 3.05) is 0 Å². The van der Waals surface area contributed by atoms with E-state index in [0.717, 1.165) is 0 Å². The minimum absolute atomic E-state index is 4.61. The van der Waals surface area contributed by atoms with Crippen molar-refractivity contribution in [3.63, 3.8) is 0 Å². The molecule has 0 aliphatic heterocycles. The van der Waals surface area contributed by atoms with Crippen LogP contribution in [0.1, 0.15) is 0 Å². The van der Waals surface area contributed by atoms with E-state index in [4.69, 9.17) is 36.7 Å². The second kappa shape index (κ2) is 3.94. The lowest BCUT2D eigenvalue weighted by Gasteiger charge is -1.91. The third-order valence-corrected chi connectivity index (χ3v) is 0. The highest BCUT2D eigenvalue weighted by Crippen LogP contribution is 1.67. The van der Waals surface area contributed by atoms with Gasteiger partial charge in [-0.1, -0.05) is 0 Å². The Morgan fingerprint density at radius 2 is 0.900 bits per heavy atom. The third-order valence-electron chi connectivity index (χ3n) is 0. The SMILES string of the molecule is O=S(=O)(O)O.O[Si](O)(O)O. The predicted molar refractivity (Wildman–Crippen MR) is 28.8 cm³/mol. The zero-order chi connectivity index (χ0) is 9.00. The smallest absolute Gasteiger partial charge is 0.368 e. The Morgan fingerprint density at radius 1 is 0.900 bits per heavy atom. The molecule has 0 unspecified atom stereocenters. The van der Waals surface area contributed by atoms with Gasteiger partial charge in [0, 0.05) is 0 Å². The van der Waals surface area contributed by atoms with Gasteiger partial charge < -0.3 is 19.2 Å². The van der Waals surface area contributed by atoms with Gasteiger partial charge in [-0.15, -0.1) is 0 Å². The van der Waals surface area contributed by atoms with E-state index in [-0.39, 0.29) is 0 Å². The molecular weight excluding hydrogens is 188 g/mol. The molecule has 0 rings (SSSR count). The van der Waals surface area contributed by atoms with Crippen LogP contribution in [0.25, 0.3) is 0 Å². The summed E-state index contributed by atoms with van der Waals surface area (Å²) in [5.41, 5.74) is 0. The summed E-state index contributed by atoms with van der Waals surface area (Å²) in [6.45, 7) is 0. The molecule has 10 heteroatoms. The summed E-state index contributed by atoms with van der Waals surface area (Å²) < 4.78 is 31.6. The third kappa shape index (κ3) is 71100. The molecule has 0 amide bonds. The lowest BCUT2D eigenvalue weighted by molar-refractivity contribution is 0.117. The highest BCUT2D eigenvalue weighted by atomic mass is 32.3. The van der Waals surface area contributed by atoms with Crippen molar-refractivity contribution in [1.82, 2.24) is 0 Å². The summed E-state index contributed by atoms with van der Waals surface area (Å²) in [6, 6.07) is 0. The summed E-state index contributed by atoms with van der Waals surface area (Å²) >= 11 is 0. The highest BCUT2D eigenvalue weighted by Gasteiger charge is 2.22. The van der Waals surface area contributed by atoms with E-state index >= 15 is 0 Å². The summed E-state index contributed by atoms with van der Waals surface area (Å²) in [5, 5.41) is 0. The van der Waals surface area contributed by atoms with Crippen molar-refractivity contribution in [3.05, 3.63) is 0 Å². The molecule has 0 aromatic heterocycles. The maximum atomic E-state index is 8.74. The molecule has 0 fully saturated rings. The van der Waals surface area contributed by atoms with Gasteiger partial charge in [-0.25, -0.2) is 0 Å². The van der Waals surface area contributed by atoms with Gasteiger partial charge >= 0.3 is 19.4 Å². The lowest BCUT2D eigenvalue weighted by Crippen LogP contribution is -2.33. The van der Waals surface area contributed by atoms with Gasteiger partial charge in [-0.3, -0.25) is 9.11 Å². The molecule has 64 valence electrons. The molecule has 0 saturated heterocycles. The van der Waals surface area contributed by atoms with E-state index in [0.29, 0.717) is 0 Å². The van der Waals surface area contributed by atoms with Crippen molar-refractivity contribution >= 4 is 19.4 Å².